The smallest absolute Gasteiger partial charge is 0.338 e. The summed E-state index contributed by atoms with van der Waals surface area (Å²) in [4.78, 5) is 15.3. The summed E-state index contributed by atoms with van der Waals surface area (Å²) >= 11 is 0.945. The number of pyridine rings is 1. The normalized spacial score (nSPS) is 11.2. The lowest BCUT2D eigenvalue weighted by Crippen LogP contribution is -2.13. The minimum absolute atomic E-state index is 0.00159. The van der Waals surface area contributed by atoms with Crippen LogP contribution in [0.1, 0.15) is 10.4 Å². The maximum Gasteiger partial charge on any atom is 0.338 e. The van der Waals surface area contributed by atoms with E-state index in [0.717, 1.165) is 11.8 Å². The molecule has 0 radical (unpaired) electrons. The predicted octanol–water partition coefficient (Wildman–Crippen LogP) is 1.58. The first-order valence-corrected chi connectivity index (χ1v) is 7.74. The Bertz CT molecular complexity index is 760. The van der Waals surface area contributed by atoms with Gasteiger partial charge in [0.2, 0.25) is 10.0 Å². The zero-order valence-corrected chi connectivity index (χ0v) is 11.7. The van der Waals surface area contributed by atoms with Crippen LogP contribution in [-0.4, -0.2) is 24.5 Å². The summed E-state index contributed by atoms with van der Waals surface area (Å²) in [5.74, 6) is -1.13. The molecule has 3 N–H and O–H groups in total. The first-order valence-electron chi connectivity index (χ1n) is 5.37. The second-order valence-corrected chi connectivity index (χ2v) is 6.32. The van der Waals surface area contributed by atoms with E-state index < -0.39 is 16.0 Å². The fourth-order valence-corrected chi connectivity index (χ4v) is 3.50. The van der Waals surface area contributed by atoms with Gasteiger partial charge in [0.15, 0.2) is 0 Å². The van der Waals surface area contributed by atoms with Crippen LogP contribution in [0.25, 0.3) is 0 Å². The average molecular weight is 310 g/mol. The van der Waals surface area contributed by atoms with Crippen LogP contribution in [0.4, 0.5) is 0 Å². The Balaban J connectivity index is 2.49. The number of sulfonamides is 1. The average Bonchev–Trinajstić information content (AvgIpc) is 2.38. The second-order valence-electron chi connectivity index (χ2n) is 3.76. The molecule has 0 amide bonds. The Labute approximate surface area is 119 Å². The van der Waals surface area contributed by atoms with E-state index >= 15 is 0 Å². The van der Waals surface area contributed by atoms with Crippen molar-refractivity contribution < 1.29 is 18.3 Å². The molecule has 0 spiro atoms. The van der Waals surface area contributed by atoms with Crippen LogP contribution in [0.2, 0.25) is 0 Å². The lowest BCUT2D eigenvalue weighted by Gasteiger charge is -2.08. The van der Waals surface area contributed by atoms with E-state index in [2.05, 4.69) is 4.98 Å². The van der Waals surface area contributed by atoms with Crippen molar-refractivity contribution in [3.63, 3.8) is 0 Å². The summed E-state index contributed by atoms with van der Waals surface area (Å²) in [7, 11) is -3.88. The standard InChI is InChI=1S/C12H10N2O4S2/c13-20(17,18)10-6-2-1-5-9(10)19-11-8(12(15)16)4-3-7-14-11/h1-7H,(H,15,16)(H2,13,17,18). The molecule has 6 nitrogen and oxygen atoms in total. The highest BCUT2D eigenvalue weighted by Gasteiger charge is 2.17. The molecule has 0 saturated carbocycles. The van der Waals surface area contributed by atoms with Crippen molar-refractivity contribution in [1.29, 1.82) is 0 Å². The lowest BCUT2D eigenvalue weighted by atomic mass is 10.3. The van der Waals surface area contributed by atoms with Crippen LogP contribution in [0.15, 0.2) is 57.4 Å². The van der Waals surface area contributed by atoms with Crippen LogP contribution in [0, 0.1) is 0 Å². The number of primary sulfonamides is 1. The quantitative estimate of drug-likeness (QED) is 0.887. The van der Waals surface area contributed by atoms with Gasteiger partial charge in [-0.15, -0.1) is 0 Å². The number of hydrogen-bond donors (Lipinski definition) is 2. The van der Waals surface area contributed by atoms with Crippen molar-refractivity contribution >= 4 is 27.8 Å². The van der Waals surface area contributed by atoms with Crippen LogP contribution in [0.3, 0.4) is 0 Å². The molecule has 104 valence electrons. The lowest BCUT2D eigenvalue weighted by molar-refractivity contribution is 0.0692. The Morgan fingerprint density at radius 2 is 1.90 bits per heavy atom. The van der Waals surface area contributed by atoms with Crippen molar-refractivity contribution in [2.45, 2.75) is 14.8 Å². The minimum Gasteiger partial charge on any atom is -0.478 e. The number of nitrogens with two attached hydrogens (primary N) is 1. The van der Waals surface area contributed by atoms with E-state index in [1.165, 1.54) is 24.4 Å². The summed E-state index contributed by atoms with van der Waals surface area (Å²) in [6.07, 6.45) is 1.44. The summed E-state index contributed by atoms with van der Waals surface area (Å²) < 4.78 is 23.0. The third kappa shape index (κ3) is 3.16. The summed E-state index contributed by atoms with van der Waals surface area (Å²) in [6.45, 7) is 0. The van der Waals surface area contributed by atoms with E-state index in [1.54, 1.807) is 18.2 Å². The van der Waals surface area contributed by atoms with Gasteiger partial charge in [-0.2, -0.15) is 0 Å². The first-order chi connectivity index (χ1) is 9.39. The monoisotopic (exact) mass is 310 g/mol. The zero-order valence-electron chi connectivity index (χ0n) is 10.1. The number of aromatic nitrogens is 1. The highest BCUT2D eigenvalue weighted by atomic mass is 32.2. The molecule has 2 rings (SSSR count). The van der Waals surface area contributed by atoms with Crippen LogP contribution >= 0.6 is 11.8 Å². The van der Waals surface area contributed by atoms with Gasteiger partial charge in [-0.05, 0) is 24.3 Å². The second kappa shape index (κ2) is 5.61. The number of rotatable bonds is 4. The van der Waals surface area contributed by atoms with Gasteiger partial charge in [-0.3, -0.25) is 0 Å². The molecule has 1 aromatic heterocycles. The molecule has 1 heterocycles. The molecule has 20 heavy (non-hydrogen) atoms. The fourth-order valence-electron chi connectivity index (χ4n) is 1.51. The van der Waals surface area contributed by atoms with Gasteiger partial charge >= 0.3 is 5.97 Å². The van der Waals surface area contributed by atoms with Gasteiger partial charge in [0.05, 0.1) is 10.5 Å². The third-order valence-corrected chi connectivity index (χ3v) is 4.56. The predicted molar refractivity (Wildman–Crippen MR) is 73.1 cm³/mol. The summed E-state index contributed by atoms with van der Waals surface area (Å²) in [5.41, 5.74) is 0.00159. The Morgan fingerprint density at radius 3 is 2.55 bits per heavy atom. The molecule has 0 aliphatic carbocycles. The number of aromatic carboxylic acids is 1. The number of carbonyl (C=O) groups is 1. The maximum absolute atomic E-state index is 11.5. The molecule has 1 aromatic carbocycles. The molecule has 0 fully saturated rings. The van der Waals surface area contributed by atoms with Crippen molar-refractivity contribution in [2.75, 3.05) is 0 Å². The number of carboxylic acids is 1. The fraction of sp³-hybridized carbons (Fsp3) is 0. The molecule has 0 bridgehead atoms. The van der Waals surface area contributed by atoms with Gasteiger partial charge in [0.1, 0.15) is 5.03 Å². The molecule has 0 aliphatic rings. The Morgan fingerprint density at radius 1 is 1.20 bits per heavy atom. The molecule has 0 unspecified atom stereocenters. The summed E-state index contributed by atoms with van der Waals surface area (Å²) in [6, 6.07) is 8.99. The zero-order chi connectivity index (χ0) is 14.8. The van der Waals surface area contributed by atoms with Crippen molar-refractivity contribution in [3.8, 4) is 0 Å². The molecular weight excluding hydrogens is 300 g/mol. The number of nitrogens with zero attached hydrogens (tertiary/aromatic N) is 1. The summed E-state index contributed by atoms with van der Waals surface area (Å²) in [5, 5.41) is 14.4. The Hall–Kier alpha value is -1.90. The largest absolute Gasteiger partial charge is 0.478 e. The molecular formula is C12H10N2O4S2. The highest BCUT2D eigenvalue weighted by Crippen LogP contribution is 2.32. The van der Waals surface area contributed by atoms with Gasteiger partial charge < -0.3 is 5.11 Å². The third-order valence-electron chi connectivity index (χ3n) is 2.36. The van der Waals surface area contributed by atoms with Crippen LogP contribution < -0.4 is 5.14 Å². The van der Waals surface area contributed by atoms with Crippen molar-refractivity contribution in [3.05, 3.63) is 48.2 Å². The number of benzene rings is 1. The van der Waals surface area contributed by atoms with E-state index in [9.17, 15) is 13.2 Å². The van der Waals surface area contributed by atoms with E-state index in [4.69, 9.17) is 10.2 Å². The van der Waals surface area contributed by atoms with Crippen LogP contribution in [0.5, 0.6) is 0 Å². The van der Waals surface area contributed by atoms with Crippen LogP contribution in [-0.2, 0) is 10.0 Å². The topological polar surface area (TPSA) is 110 Å². The van der Waals surface area contributed by atoms with Gasteiger partial charge in [0.25, 0.3) is 0 Å². The van der Waals surface area contributed by atoms with Crippen molar-refractivity contribution in [1.82, 2.24) is 4.98 Å². The Kier molecular flexibility index (Phi) is 4.07. The number of carboxylic acid groups (broad SMARTS) is 1. The van der Waals surface area contributed by atoms with Gasteiger partial charge in [-0.1, -0.05) is 23.9 Å². The molecule has 0 atom stereocenters. The number of hydrogen-bond acceptors (Lipinski definition) is 5. The maximum atomic E-state index is 11.5. The van der Waals surface area contributed by atoms with E-state index in [1.807, 2.05) is 0 Å². The minimum atomic E-state index is -3.88. The van der Waals surface area contributed by atoms with E-state index in [-0.39, 0.29) is 15.5 Å². The highest BCUT2D eigenvalue weighted by molar-refractivity contribution is 8.00. The molecule has 8 heteroatoms. The molecule has 0 aliphatic heterocycles. The van der Waals surface area contributed by atoms with E-state index in [0.29, 0.717) is 4.90 Å². The SMILES string of the molecule is NS(=O)(=O)c1ccccc1Sc1ncccc1C(=O)O. The van der Waals surface area contributed by atoms with Gasteiger partial charge in [-0.25, -0.2) is 23.3 Å². The van der Waals surface area contributed by atoms with Gasteiger partial charge in [0, 0.05) is 11.1 Å². The molecule has 0 saturated heterocycles. The van der Waals surface area contributed by atoms with Crippen molar-refractivity contribution in [2.24, 2.45) is 5.14 Å². The molecule has 2 aromatic rings. The first kappa shape index (κ1) is 14.5.